The zero-order chi connectivity index (χ0) is 17.0. The summed E-state index contributed by atoms with van der Waals surface area (Å²) in [7, 11) is -0.642. The zero-order valence-electron chi connectivity index (χ0n) is 15.3. The molecule has 0 unspecified atom stereocenters. The molecule has 1 saturated carbocycles. The Bertz CT molecular complexity index is 359. The molecule has 0 saturated heterocycles. The third kappa shape index (κ3) is 5.35. The van der Waals surface area contributed by atoms with Gasteiger partial charge in [0.25, 0.3) is 0 Å². The van der Waals surface area contributed by atoms with E-state index in [-0.39, 0.29) is 17.0 Å². The number of esters is 1. The minimum atomic E-state index is -2.06. The Balaban J connectivity index is 2.76. The van der Waals surface area contributed by atoms with E-state index in [2.05, 4.69) is 33.9 Å². The van der Waals surface area contributed by atoms with E-state index in [0.29, 0.717) is 5.92 Å². The second-order valence-corrected chi connectivity index (χ2v) is 13.0. The molecule has 0 aromatic heterocycles. The van der Waals surface area contributed by atoms with Crippen LogP contribution in [0.5, 0.6) is 0 Å². The number of hydrogen-bond donors (Lipinski definition) is 1. The Labute approximate surface area is 137 Å². The Morgan fingerprint density at radius 2 is 1.77 bits per heavy atom. The summed E-state index contributed by atoms with van der Waals surface area (Å²) in [5, 5.41) is 0.0455. The molecule has 0 aromatic carbocycles. The van der Waals surface area contributed by atoms with Crippen LogP contribution in [-0.4, -0.2) is 33.5 Å². The van der Waals surface area contributed by atoms with Gasteiger partial charge in [-0.3, -0.25) is 0 Å². The minimum Gasteiger partial charge on any atom is -0.467 e. The first kappa shape index (κ1) is 19.7. The van der Waals surface area contributed by atoms with Crippen molar-refractivity contribution >= 4 is 14.3 Å². The largest absolute Gasteiger partial charge is 0.467 e. The van der Waals surface area contributed by atoms with E-state index in [1.54, 1.807) is 0 Å². The third-order valence-electron chi connectivity index (χ3n) is 5.38. The molecule has 0 bridgehead atoms. The maximum absolute atomic E-state index is 12.2. The van der Waals surface area contributed by atoms with Gasteiger partial charge in [0.1, 0.15) is 0 Å². The van der Waals surface area contributed by atoms with Gasteiger partial charge in [0.2, 0.25) is 0 Å². The molecule has 22 heavy (non-hydrogen) atoms. The molecule has 130 valence electrons. The van der Waals surface area contributed by atoms with E-state index in [1.165, 1.54) is 39.2 Å². The van der Waals surface area contributed by atoms with Crippen molar-refractivity contribution in [2.45, 2.75) is 89.6 Å². The Kier molecular flexibility index (Phi) is 7.08. The smallest absolute Gasteiger partial charge is 0.335 e. The monoisotopic (exact) mass is 329 g/mol. The molecule has 1 aliphatic carbocycles. The van der Waals surface area contributed by atoms with E-state index in [4.69, 9.17) is 14.9 Å². The lowest BCUT2D eigenvalue weighted by Gasteiger charge is -2.40. The fourth-order valence-corrected chi connectivity index (χ4v) is 4.11. The van der Waals surface area contributed by atoms with Crippen molar-refractivity contribution in [1.82, 2.24) is 0 Å². The number of methoxy groups -OCH3 is 1. The minimum absolute atomic E-state index is 0.0455. The Hall–Kier alpha value is -0.393. The first-order valence-electron chi connectivity index (χ1n) is 8.59. The second-order valence-electron chi connectivity index (χ2n) is 8.23. The first-order valence-corrected chi connectivity index (χ1v) is 11.5. The van der Waals surface area contributed by atoms with Crippen LogP contribution in [0.1, 0.15) is 59.3 Å². The summed E-state index contributed by atoms with van der Waals surface area (Å²) in [6.45, 7) is 10.8. The van der Waals surface area contributed by atoms with Gasteiger partial charge in [0.15, 0.2) is 14.4 Å². The van der Waals surface area contributed by atoms with Crippen molar-refractivity contribution in [1.29, 1.82) is 0 Å². The van der Waals surface area contributed by atoms with Gasteiger partial charge in [0.05, 0.1) is 7.11 Å². The van der Waals surface area contributed by atoms with Crippen molar-refractivity contribution in [2.75, 3.05) is 7.11 Å². The van der Waals surface area contributed by atoms with Crippen molar-refractivity contribution in [3.63, 3.8) is 0 Å². The molecule has 0 aromatic rings. The Morgan fingerprint density at radius 3 is 2.23 bits per heavy atom. The van der Waals surface area contributed by atoms with Crippen LogP contribution in [0.15, 0.2) is 0 Å². The highest BCUT2D eigenvalue weighted by atomic mass is 28.4. The number of rotatable bonds is 6. The van der Waals surface area contributed by atoms with Gasteiger partial charge in [-0.25, -0.2) is 4.79 Å². The van der Waals surface area contributed by atoms with Crippen LogP contribution in [0.3, 0.4) is 0 Å². The highest BCUT2D eigenvalue weighted by Crippen LogP contribution is 2.38. The Morgan fingerprint density at radius 1 is 1.23 bits per heavy atom. The van der Waals surface area contributed by atoms with E-state index < -0.39 is 14.4 Å². The van der Waals surface area contributed by atoms with Crippen molar-refractivity contribution < 1.29 is 14.0 Å². The number of carbonyl (C=O) groups excluding carboxylic acids is 1. The van der Waals surface area contributed by atoms with E-state index >= 15 is 0 Å². The van der Waals surface area contributed by atoms with Gasteiger partial charge >= 0.3 is 5.97 Å². The van der Waals surface area contributed by atoms with Gasteiger partial charge in [-0.15, -0.1) is 0 Å². The predicted molar refractivity (Wildman–Crippen MR) is 93.3 cm³/mol. The van der Waals surface area contributed by atoms with E-state index in [9.17, 15) is 4.79 Å². The number of ether oxygens (including phenoxy) is 1. The summed E-state index contributed by atoms with van der Waals surface area (Å²) < 4.78 is 11.3. The molecule has 4 nitrogen and oxygen atoms in total. The van der Waals surface area contributed by atoms with Gasteiger partial charge in [0, 0.05) is 6.04 Å². The molecule has 5 heteroatoms. The van der Waals surface area contributed by atoms with Crippen LogP contribution in [0.2, 0.25) is 18.1 Å². The van der Waals surface area contributed by atoms with Gasteiger partial charge in [-0.05, 0) is 30.5 Å². The summed E-state index contributed by atoms with van der Waals surface area (Å²) in [5.74, 6) is 0.298. The summed E-state index contributed by atoms with van der Waals surface area (Å²) in [6.07, 6.45) is 6.56. The van der Waals surface area contributed by atoms with Crippen LogP contribution >= 0.6 is 0 Å². The number of nitrogens with two attached hydrogens (primary N) is 1. The van der Waals surface area contributed by atoms with Crippen LogP contribution in [0.25, 0.3) is 0 Å². The van der Waals surface area contributed by atoms with E-state index in [0.717, 1.165) is 6.42 Å². The first-order chi connectivity index (χ1) is 10.1. The highest BCUT2D eigenvalue weighted by molar-refractivity contribution is 6.74. The number of hydrogen-bond acceptors (Lipinski definition) is 4. The zero-order valence-corrected chi connectivity index (χ0v) is 16.3. The summed E-state index contributed by atoms with van der Waals surface area (Å²) in [6, 6.07) is -0.273. The molecule has 0 aliphatic heterocycles. The van der Waals surface area contributed by atoms with Gasteiger partial charge in [-0.1, -0.05) is 52.9 Å². The molecule has 2 N–H and O–H groups in total. The maximum atomic E-state index is 12.2. The molecular formula is C17H35NO3Si. The van der Waals surface area contributed by atoms with Gasteiger partial charge < -0.3 is 14.9 Å². The quantitative estimate of drug-likeness (QED) is 0.594. The highest BCUT2D eigenvalue weighted by Gasteiger charge is 2.43. The molecular weight excluding hydrogens is 294 g/mol. The van der Waals surface area contributed by atoms with Gasteiger partial charge in [-0.2, -0.15) is 0 Å². The van der Waals surface area contributed by atoms with Crippen LogP contribution in [-0.2, 0) is 14.0 Å². The molecule has 1 rings (SSSR count). The standard InChI is InChI=1S/C17H35NO3Si/c1-17(2,3)22(5,6)21-15(16(19)20-4)14(18)12-13-10-8-7-9-11-13/h13-15H,7-12,18H2,1-6H3/t14-,15+/m0/s1. The maximum Gasteiger partial charge on any atom is 0.335 e. The molecule has 1 aliphatic rings. The lowest BCUT2D eigenvalue weighted by Crippen LogP contribution is -2.53. The summed E-state index contributed by atoms with van der Waals surface area (Å²) in [5.41, 5.74) is 6.37. The lowest BCUT2D eigenvalue weighted by molar-refractivity contribution is -0.150. The molecule has 0 radical (unpaired) electrons. The third-order valence-corrected chi connectivity index (χ3v) is 9.84. The number of carbonyl (C=O) groups is 1. The van der Waals surface area contributed by atoms with Crippen molar-refractivity contribution in [2.24, 2.45) is 11.7 Å². The van der Waals surface area contributed by atoms with Crippen LogP contribution in [0, 0.1) is 5.92 Å². The molecule has 0 spiro atoms. The molecule has 0 amide bonds. The van der Waals surface area contributed by atoms with E-state index in [1.807, 2.05) is 0 Å². The fourth-order valence-electron chi connectivity index (χ4n) is 2.85. The average molecular weight is 330 g/mol. The van der Waals surface area contributed by atoms with Crippen molar-refractivity contribution in [3.8, 4) is 0 Å². The molecule has 2 atom stereocenters. The SMILES string of the molecule is COC(=O)[C@H](O[Si](C)(C)C(C)(C)C)[C@@H](N)CC1CCCCC1. The summed E-state index contributed by atoms with van der Waals surface area (Å²) >= 11 is 0. The average Bonchev–Trinajstić information content (AvgIpc) is 2.43. The summed E-state index contributed by atoms with van der Waals surface area (Å²) in [4.78, 5) is 12.2. The topological polar surface area (TPSA) is 61.5 Å². The van der Waals surface area contributed by atoms with Crippen LogP contribution < -0.4 is 5.73 Å². The predicted octanol–water partition coefficient (Wildman–Crippen LogP) is 3.85. The van der Waals surface area contributed by atoms with Crippen LogP contribution in [0.4, 0.5) is 0 Å². The molecule has 0 heterocycles. The second kappa shape index (κ2) is 7.93. The molecule has 1 fully saturated rings. The van der Waals surface area contributed by atoms with Crippen molar-refractivity contribution in [3.05, 3.63) is 0 Å². The normalized spacial score (nSPS) is 20.5. The fraction of sp³-hybridized carbons (Fsp3) is 0.941. The lowest BCUT2D eigenvalue weighted by atomic mass is 9.84.